The molecule has 0 aromatic carbocycles. The average molecular weight is 300 g/mol. The third-order valence-electron chi connectivity index (χ3n) is 4.05. The zero-order valence-corrected chi connectivity index (χ0v) is 14.1. The number of piperidine rings is 1. The van der Waals surface area contributed by atoms with Crippen molar-refractivity contribution in [2.45, 2.75) is 18.9 Å². The molecule has 0 unspecified atom stereocenters. The minimum atomic E-state index is 0.196. The molecule has 1 heterocycles. The van der Waals surface area contributed by atoms with Crippen LogP contribution >= 0.6 is 0 Å². The smallest absolute Gasteiger partial charge is 0.236 e. The molecule has 0 aromatic heterocycles. The van der Waals surface area contributed by atoms with Crippen LogP contribution in [0.25, 0.3) is 0 Å². The molecule has 0 spiro atoms. The summed E-state index contributed by atoms with van der Waals surface area (Å²) in [6.07, 6.45) is 2.25. The molecular weight excluding hydrogens is 268 g/mol. The first-order valence-corrected chi connectivity index (χ1v) is 7.86. The normalized spacial score (nSPS) is 17.4. The van der Waals surface area contributed by atoms with E-state index in [1.165, 1.54) is 0 Å². The summed E-state index contributed by atoms with van der Waals surface area (Å²) in [7, 11) is 7.49. The number of hydrogen-bond acceptors (Lipinski definition) is 5. The summed E-state index contributed by atoms with van der Waals surface area (Å²) in [5.74, 6) is 0.196. The molecule has 0 atom stereocenters. The van der Waals surface area contributed by atoms with Crippen LogP contribution in [0.15, 0.2) is 0 Å². The molecule has 0 aliphatic carbocycles. The van der Waals surface area contributed by atoms with Gasteiger partial charge >= 0.3 is 0 Å². The summed E-state index contributed by atoms with van der Waals surface area (Å²) < 4.78 is 5.07. The summed E-state index contributed by atoms with van der Waals surface area (Å²) in [4.78, 5) is 17.9. The van der Waals surface area contributed by atoms with E-state index in [1.807, 2.05) is 14.1 Å². The fourth-order valence-corrected chi connectivity index (χ4v) is 2.45. The summed E-state index contributed by atoms with van der Waals surface area (Å²) in [5.41, 5.74) is 0. The lowest BCUT2D eigenvalue weighted by Gasteiger charge is -2.32. The Morgan fingerprint density at radius 3 is 2.48 bits per heavy atom. The minimum absolute atomic E-state index is 0.196. The van der Waals surface area contributed by atoms with Crippen molar-refractivity contribution in [1.29, 1.82) is 0 Å². The highest BCUT2D eigenvalue weighted by atomic mass is 16.5. The highest BCUT2D eigenvalue weighted by Crippen LogP contribution is 2.10. The number of likely N-dealkylation sites (tertiary alicyclic amines) is 1. The Morgan fingerprint density at radius 2 is 1.90 bits per heavy atom. The quantitative estimate of drug-likeness (QED) is 0.634. The molecule has 1 N–H and O–H groups in total. The number of methoxy groups -OCH3 is 1. The van der Waals surface area contributed by atoms with Gasteiger partial charge in [-0.25, -0.2) is 0 Å². The molecule has 1 fully saturated rings. The van der Waals surface area contributed by atoms with E-state index in [9.17, 15) is 4.79 Å². The van der Waals surface area contributed by atoms with Crippen LogP contribution in [0, 0.1) is 0 Å². The number of hydrogen-bond donors (Lipinski definition) is 1. The summed E-state index contributed by atoms with van der Waals surface area (Å²) in [5, 5.41) is 3.62. The fraction of sp³-hybridized carbons (Fsp3) is 0.933. The van der Waals surface area contributed by atoms with E-state index in [2.05, 4.69) is 22.2 Å². The molecule has 0 radical (unpaired) electrons. The molecule has 6 nitrogen and oxygen atoms in total. The zero-order valence-electron chi connectivity index (χ0n) is 14.1. The largest absolute Gasteiger partial charge is 0.383 e. The van der Waals surface area contributed by atoms with Crippen molar-refractivity contribution in [2.75, 3.05) is 74.1 Å². The van der Waals surface area contributed by atoms with E-state index in [-0.39, 0.29) is 5.91 Å². The highest BCUT2D eigenvalue weighted by molar-refractivity contribution is 5.77. The molecule has 1 aliphatic rings. The van der Waals surface area contributed by atoms with Gasteiger partial charge in [-0.3, -0.25) is 9.69 Å². The number of amides is 1. The predicted octanol–water partition coefficient (Wildman–Crippen LogP) is -0.293. The Morgan fingerprint density at radius 1 is 1.24 bits per heavy atom. The van der Waals surface area contributed by atoms with E-state index in [1.54, 1.807) is 12.0 Å². The van der Waals surface area contributed by atoms with Crippen LogP contribution in [0.3, 0.4) is 0 Å². The zero-order chi connectivity index (χ0) is 15.7. The van der Waals surface area contributed by atoms with Crippen molar-refractivity contribution >= 4 is 5.91 Å². The second-order valence-electron chi connectivity index (χ2n) is 6.09. The van der Waals surface area contributed by atoms with Crippen molar-refractivity contribution in [2.24, 2.45) is 0 Å². The number of nitrogens with one attached hydrogen (secondary N) is 1. The summed E-state index contributed by atoms with van der Waals surface area (Å²) in [6, 6.07) is 0.589. The molecule has 6 heteroatoms. The van der Waals surface area contributed by atoms with Crippen LogP contribution in [0.2, 0.25) is 0 Å². The molecule has 1 aliphatic heterocycles. The fourth-order valence-electron chi connectivity index (χ4n) is 2.45. The first kappa shape index (κ1) is 18.4. The Bertz CT molecular complexity index is 291. The van der Waals surface area contributed by atoms with E-state index in [0.717, 1.165) is 52.2 Å². The van der Waals surface area contributed by atoms with Gasteiger partial charge in [0.15, 0.2) is 0 Å². The van der Waals surface area contributed by atoms with Crippen molar-refractivity contribution in [3.05, 3.63) is 0 Å². The van der Waals surface area contributed by atoms with E-state index in [4.69, 9.17) is 4.74 Å². The van der Waals surface area contributed by atoms with Gasteiger partial charge in [0, 0.05) is 60.0 Å². The molecule has 0 aromatic rings. The predicted molar refractivity (Wildman–Crippen MR) is 85.5 cm³/mol. The first-order valence-electron chi connectivity index (χ1n) is 7.86. The number of carbonyl (C=O) groups excluding carboxylic acids is 1. The van der Waals surface area contributed by atoms with Crippen molar-refractivity contribution in [3.63, 3.8) is 0 Å². The molecule has 1 rings (SSSR count). The lowest BCUT2D eigenvalue weighted by atomic mass is 10.1. The summed E-state index contributed by atoms with van der Waals surface area (Å²) in [6.45, 7) is 6.40. The summed E-state index contributed by atoms with van der Waals surface area (Å²) >= 11 is 0. The Hall–Kier alpha value is -0.690. The maximum absolute atomic E-state index is 11.7. The van der Waals surface area contributed by atoms with Crippen molar-refractivity contribution in [1.82, 2.24) is 20.0 Å². The SMILES string of the molecule is COCCN(C)CCNC1CCN(CC(=O)N(C)C)CC1. The van der Waals surface area contributed by atoms with E-state index >= 15 is 0 Å². The van der Waals surface area contributed by atoms with Crippen LogP contribution in [0.5, 0.6) is 0 Å². The lowest BCUT2D eigenvalue weighted by Crippen LogP contribution is -2.47. The molecule has 0 bridgehead atoms. The van der Waals surface area contributed by atoms with Gasteiger partial charge in [-0.1, -0.05) is 0 Å². The number of carbonyl (C=O) groups is 1. The molecule has 1 saturated heterocycles. The monoisotopic (exact) mass is 300 g/mol. The number of nitrogens with zero attached hydrogens (tertiary/aromatic N) is 3. The first-order chi connectivity index (χ1) is 10.0. The average Bonchev–Trinajstić information content (AvgIpc) is 2.46. The van der Waals surface area contributed by atoms with Gasteiger partial charge in [-0.15, -0.1) is 0 Å². The molecular formula is C15H32N4O2. The van der Waals surface area contributed by atoms with Crippen LogP contribution in [0.4, 0.5) is 0 Å². The van der Waals surface area contributed by atoms with Gasteiger partial charge < -0.3 is 19.9 Å². The molecule has 1 amide bonds. The van der Waals surface area contributed by atoms with Gasteiger partial charge in [0.05, 0.1) is 13.2 Å². The van der Waals surface area contributed by atoms with Gasteiger partial charge in [-0.2, -0.15) is 0 Å². The van der Waals surface area contributed by atoms with Crippen LogP contribution in [-0.4, -0.2) is 101 Å². The van der Waals surface area contributed by atoms with E-state index < -0.39 is 0 Å². The van der Waals surface area contributed by atoms with Crippen molar-refractivity contribution < 1.29 is 9.53 Å². The van der Waals surface area contributed by atoms with Gasteiger partial charge in [0.2, 0.25) is 5.91 Å². The second-order valence-corrected chi connectivity index (χ2v) is 6.09. The highest BCUT2D eigenvalue weighted by Gasteiger charge is 2.20. The Kier molecular flexibility index (Phi) is 8.84. The van der Waals surface area contributed by atoms with Crippen LogP contribution < -0.4 is 5.32 Å². The molecule has 0 saturated carbocycles. The number of rotatable bonds is 9. The number of likely N-dealkylation sites (N-methyl/N-ethyl adjacent to an activating group) is 2. The third-order valence-corrected chi connectivity index (χ3v) is 4.05. The third kappa shape index (κ3) is 7.76. The van der Waals surface area contributed by atoms with Crippen LogP contribution in [-0.2, 0) is 9.53 Å². The van der Waals surface area contributed by atoms with E-state index in [0.29, 0.717) is 12.6 Å². The van der Waals surface area contributed by atoms with Gasteiger partial charge in [0.25, 0.3) is 0 Å². The Labute approximate surface area is 129 Å². The van der Waals surface area contributed by atoms with Gasteiger partial charge in [0.1, 0.15) is 0 Å². The number of ether oxygens (including phenoxy) is 1. The maximum atomic E-state index is 11.7. The lowest BCUT2D eigenvalue weighted by molar-refractivity contribution is -0.130. The van der Waals surface area contributed by atoms with Crippen LogP contribution in [0.1, 0.15) is 12.8 Å². The minimum Gasteiger partial charge on any atom is -0.383 e. The van der Waals surface area contributed by atoms with Crippen molar-refractivity contribution in [3.8, 4) is 0 Å². The Balaban J connectivity index is 2.09. The standard InChI is InChI=1S/C15H32N4O2/c1-17(2)15(20)13-19-8-5-14(6-9-19)16-7-10-18(3)11-12-21-4/h14,16H,5-13H2,1-4H3. The van der Waals surface area contributed by atoms with Gasteiger partial charge in [-0.05, 0) is 19.9 Å². The molecule has 21 heavy (non-hydrogen) atoms. The maximum Gasteiger partial charge on any atom is 0.236 e. The second kappa shape index (κ2) is 10.1. The topological polar surface area (TPSA) is 48.1 Å². The molecule has 124 valence electrons.